The minimum absolute atomic E-state index is 0.0454. The molecular formula is C29H36N4O5. The topological polar surface area (TPSA) is 108 Å². The van der Waals surface area contributed by atoms with E-state index in [0.29, 0.717) is 25.1 Å². The Kier molecular flexibility index (Phi) is 8.66. The van der Waals surface area contributed by atoms with Gasteiger partial charge in [-0.1, -0.05) is 43.7 Å². The molecule has 0 spiro atoms. The quantitative estimate of drug-likeness (QED) is 0.581. The van der Waals surface area contributed by atoms with Crippen LogP contribution in [0.4, 0.5) is 15.3 Å². The third kappa shape index (κ3) is 6.15. The Morgan fingerprint density at radius 2 is 1.76 bits per heavy atom. The number of carbonyl (C=O) groups excluding carboxylic acids is 4. The molecule has 1 heterocycles. The number of imide groups is 1. The molecule has 4 rings (SSSR count). The number of benzene rings is 2. The zero-order valence-corrected chi connectivity index (χ0v) is 22.3. The molecule has 0 fully saturated rings. The van der Waals surface area contributed by atoms with Crippen molar-refractivity contribution in [2.24, 2.45) is 0 Å². The number of fused-ring (bicyclic) bond motifs is 2. The second kappa shape index (κ2) is 12.1. The molecule has 0 aromatic heterocycles. The molecular weight excluding hydrogens is 484 g/mol. The molecule has 2 atom stereocenters. The standard InChI is InChI=1S/C29H36N4O5/c1-4-7-24-13-10-20-8-5-6-9-22(20)17-33(24)27(35)18-32(19(2)34)29(37)38-26-15-11-21-16-23(12-14-25(21)26)31-28(36)30-3/h5-6,8-9,12,14,16,24,26H,4,7,10-11,13,15,17-18H2,1-3H3,(H2,30,31,36)/t24-,26?/m1/s1. The molecule has 0 radical (unpaired) electrons. The summed E-state index contributed by atoms with van der Waals surface area (Å²) < 4.78 is 5.74. The lowest BCUT2D eigenvalue weighted by atomic mass is 10.0. The summed E-state index contributed by atoms with van der Waals surface area (Å²) in [6.45, 7) is 3.47. The first-order valence-electron chi connectivity index (χ1n) is 13.3. The van der Waals surface area contributed by atoms with Gasteiger partial charge in [-0.25, -0.2) is 14.5 Å². The lowest BCUT2D eigenvalue weighted by Crippen LogP contribution is -2.48. The summed E-state index contributed by atoms with van der Waals surface area (Å²) in [5.74, 6) is -0.794. The van der Waals surface area contributed by atoms with Crippen LogP contribution in [0.2, 0.25) is 0 Å². The Labute approximate surface area is 223 Å². The highest BCUT2D eigenvalue weighted by Crippen LogP contribution is 2.36. The second-order valence-electron chi connectivity index (χ2n) is 9.91. The van der Waals surface area contributed by atoms with Crippen molar-refractivity contribution >= 4 is 29.6 Å². The van der Waals surface area contributed by atoms with Crippen LogP contribution in [0, 0.1) is 0 Å². The Bertz CT molecular complexity index is 1210. The maximum absolute atomic E-state index is 13.5. The Morgan fingerprint density at radius 3 is 2.47 bits per heavy atom. The summed E-state index contributed by atoms with van der Waals surface area (Å²) >= 11 is 0. The summed E-state index contributed by atoms with van der Waals surface area (Å²) in [5.41, 5.74) is 4.78. The fourth-order valence-electron chi connectivity index (χ4n) is 5.36. The van der Waals surface area contributed by atoms with Crippen LogP contribution in [0.1, 0.15) is 67.9 Å². The molecule has 0 bridgehead atoms. The predicted molar refractivity (Wildman–Crippen MR) is 143 cm³/mol. The largest absolute Gasteiger partial charge is 0.441 e. The molecule has 5 amide bonds. The molecule has 1 aliphatic heterocycles. The zero-order valence-electron chi connectivity index (χ0n) is 22.3. The summed E-state index contributed by atoms with van der Waals surface area (Å²) in [5, 5.41) is 5.24. The van der Waals surface area contributed by atoms with Gasteiger partial charge in [0.1, 0.15) is 12.6 Å². The minimum Gasteiger partial charge on any atom is -0.441 e. The Morgan fingerprint density at radius 1 is 1.03 bits per heavy atom. The van der Waals surface area contributed by atoms with E-state index < -0.39 is 18.1 Å². The lowest BCUT2D eigenvalue weighted by Gasteiger charge is -2.32. The summed E-state index contributed by atoms with van der Waals surface area (Å²) in [6.07, 6.45) is 3.42. The van der Waals surface area contributed by atoms with Gasteiger partial charge in [-0.05, 0) is 66.5 Å². The van der Waals surface area contributed by atoms with Gasteiger partial charge in [0, 0.05) is 32.2 Å². The van der Waals surface area contributed by atoms with Crippen LogP contribution in [0.3, 0.4) is 0 Å². The summed E-state index contributed by atoms with van der Waals surface area (Å²) in [7, 11) is 1.54. The molecule has 2 aromatic rings. The Balaban J connectivity index is 1.46. The number of rotatable bonds is 6. The fourth-order valence-corrected chi connectivity index (χ4v) is 5.36. The first kappa shape index (κ1) is 27.2. The van der Waals surface area contributed by atoms with Crippen molar-refractivity contribution in [2.75, 3.05) is 18.9 Å². The molecule has 0 saturated heterocycles. The average Bonchev–Trinajstić information content (AvgIpc) is 3.19. The van der Waals surface area contributed by atoms with Crippen molar-refractivity contribution in [1.29, 1.82) is 0 Å². The van der Waals surface area contributed by atoms with Gasteiger partial charge in [0.2, 0.25) is 11.8 Å². The van der Waals surface area contributed by atoms with Crippen LogP contribution in [0.5, 0.6) is 0 Å². The number of carbonyl (C=O) groups is 4. The molecule has 2 aliphatic rings. The SMILES string of the molecule is CCC[C@@H]1CCc2ccccc2CN1C(=O)CN(C(C)=O)C(=O)OC1CCc2cc(NC(=O)NC)ccc21. The monoisotopic (exact) mass is 520 g/mol. The number of aryl methyl sites for hydroxylation is 2. The van der Waals surface area contributed by atoms with Crippen molar-refractivity contribution in [1.82, 2.24) is 15.1 Å². The van der Waals surface area contributed by atoms with Gasteiger partial charge >= 0.3 is 12.1 Å². The van der Waals surface area contributed by atoms with E-state index in [1.54, 1.807) is 13.1 Å². The van der Waals surface area contributed by atoms with Crippen molar-refractivity contribution in [3.05, 3.63) is 64.7 Å². The summed E-state index contributed by atoms with van der Waals surface area (Å²) in [4.78, 5) is 53.5. The van der Waals surface area contributed by atoms with E-state index in [4.69, 9.17) is 4.74 Å². The van der Waals surface area contributed by atoms with Crippen LogP contribution in [-0.2, 0) is 33.7 Å². The van der Waals surface area contributed by atoms with Crippen LogP contribution in [0.25, 0.3) is 0 Å². The van der Waals surface area contributed by atoms with Gasteiger partial charge in [-0.2, -0.15) is 0 Å². The number of hydrogen-bond acceptors (Lipinski definition) is 5. The molecule has 2 aromatic carbocycles. The third-order valence-corrected chi connectivity index (χ3v) is 7.38. The molecule has 2 N–H and O–H groups in total. The van der Waals surface area contributed by atoms with E-state index >= 15 is 0 Å². The highest BCUT2D eigenvalue weighted by Gasteiger charge is 2.33. The highest BCUT2D eigenvalue weighted by atomic mass is 16.6. The number of amides is 5. The van der Waals surface area contributed by atoms with Crippen LogP contribution >= 0.6 is 0 Å². The number of ether oxygens (including phenoxy) is 1. The van der Waals surface area contributed by atoms with Gasteiger partial charge in [-0.3, -0.25) is 9.59 Å². The molecule has 9 heteroatoms. The maximum atomic E-state index is 13.5. The van der Waals surface area contributed by atoms with Crippen molar-refractivity contribution in [3.8, 4) is 0 Å². The van der Waals surface area contributed by atoms with E-state index in [1.165, 1.54) is 12.5 Å². The lowest BCUT2D eigenvalue weighted by molar-refractivity contribution is -0.140. The van der Waals surface area contributed by atoms with E-state index in [9.17, 15) is 19.2 Å². The van der Waals surface area contributed by atoms with E-state index in [0.717, 1.165) is 47.3 Å². The van der Waals surface area contributed by atoms with Gasteiger partial charge in [0.05, 0.1) is 0 Å². The first-order valence-corrected chi connectivity index (χ1v) is 13.3. The number of hydrogen-bond donors (Lipinski definition) is 2. The van der Waals surface area contributed by atoms with E-state index in [2.05, 4.69) is 23.6 Å². The number of urea groups is 1. The minimum atomic E-state index is -0.821. The van der Waals surface area contributed by atoms with E-state index in [1.807, 2.05) is 35.2 Å². The van der Waals surface area contributed by atoms with Crippen molar-refractivity contribution < 1.29 is 23.9 Å². The Hall–Kier alpha value is -3.88. The first-order chi connectivity index (χ1) is 18.3. The highest BCUT2D eigenvalue weighted by molar-refractivity contribution is 5.95. The van der Waals surface area contributed by atoms with Crippen LogP contribution in [0.15, 0.2) is 42.5 Å². The van der Waals surface area contributed by atoms with Gasteiger partial charge in [-0.15, -0.1) is 0 Å². The maximum Gasteiger partial charge on any atom is 0.417 e. The smallest absolute Gasteiger partial charge is 0.417 e. The number of nitrogens with zero attached hydrogens (tertiary/aromatic N) is 2. The van der Waals surface area contributed by atoms with Crippen LogP contribution < -0.4 is 10.6 Å². The summed E-state index contributed by atoms with van der Waals surface area (Å²) in [6, 6.07) is 13.3. The fraction of sp³-hybridized carbons (Fsp3) is 0.448. The van der Waals surface area contributed by atoms with E-state index in [-0.39, 0.29) is 24.5 Å². The van der Waals surface area contributed by atoms with Gasteiger partial charge in [0.25, 0.3) is 0 Å². The molecule has 1 aliphatic carbocycles. The zero-order chi connectivity index (χ0) is 27.2. The number of nitrogens with one attached hydrogen (secondary N) is 2. The molecule has 9 nitrogen and oxygen atoms in total. The van der Waals surface area contributed by atoms with Crippen molar-refractivity contribution in [2.45, 2.75) is 71.1 Å². The predicted octanol–water partition coefficient (Wildman–Crippen LogP) is 4.55. The van der Waals surface area contributed by atoms with Crippen molar-refractivity contribution in [3.63, 3.8) is 0 Å². The van der Waals surface area contributed by atoms with Gasteiger partial charge < -0.3 is 20.3 Å². The second-order valence-corrected chi connectivity index (χ2v) is 9.91. The van der Waals surface area contributed by atoms with Gasteiger partial charge in [0.15, 0.2) is 0 Å². The molecule has 202 valence electrons. The van der Waals surface area contributed by atoms with Crippen LogP contribution in [-0.4, -0.2) is 53.4 Å². The number of anilines is 1. The molecule has 38 heavy (non-hydrogen) atoms. The average molecular weight is 521 g/mol. The third-order valence-electron chi connectivity index (χ3n) is 7.38. The molecule has 0 saturated carbocycles. The normalized spacial score (nSPS) is 18.0. The molecule has 1 unspecified atom stereocenters.